The van der Waals surface area contributed by atoms with E-state index in [2.05, 4.69) is 10.1 Å². The number of amides is 1. The van der Waals surface area contributed by atoms with Crippen molar-refractivity contribution in [3.8, 4) is 11.5 Å². The lowest BCUT2D eigenvalue weighted by atomic mass is 10.2. The van der Waals surface area contributed by atoms with E-state index in [0.29, 0.717) is 17.9 Å². The number of anilines is 1. The molecule has 0 fully saturated rings. The van der Waals surface area contributed by atoms with Crippen molar-refractivity contribution in [2.75, 3.05) is 17.9 Å². The first kappa shape index (κ1) is 23.4. The number of aryl methyl sites for hydroxylation is 1. The second-order valence-corrected chi connectivity index (χ2v) is 8.96. The van der Waals surface area contributed by atoms with Gasteiger partial charge in [0.15, 0.2) is 20.7 Å². The van der Waals surface area contributed by atoms with Gasteiger partial charge in [-0.25, -0.2) is 13.4 Å². The molecule has 10 nitrogen and oxygen atoms in total. The number of carbonyl (C=O) groups excluding carboxylic acids is 1. The zero-order valence-electron chi connectivity index (χ0n) is 17.9. The molecule has 0 aliphatic rings. The van der Waals surface area contributed by atoms with Gasteiger partial charge in [0.25, 0.3) is 5.91 Å². The van der Waals surface area contributed by atoms with Gasteiger partial charge in [-0.05, 0) is 36.8 Å². The van der Waals surface area contributed by atoms with E-state index < -0.39 is 21.8 Å². The Balaban J connectivity index is 1.84. The number of aliphatic hydroxyl groups is 1. The minimum Gasteiger partial charge on any atom is -0.456 e. The highest BCUT2D eigenvalue weighted by molar-refractivity contribution is 7.90. The Morgan fingerprint density at radius 1 is 1.22 bits per heavy atom. The number of aromatic nitrogens is 3. The van der Waals surface area contributed by atoms with Crippen LogP contribution in [0.5, 0.6) is 11.5 Å². The number of hydrogen-bond acceptors (Lipinski definition) is 8. The number of sulfone groups is 1. The topological polar surface area (TPSA) is 124 Å². The number of rotatable bonds is 9. The summed E-state index contributed by atoms with van der Waals surface area (Å²) >= 11 is 0. The maximum Gasteiger partial charge on any atom is 0.283 e. The van der Waals surface area contributed by atoms with Crippen LogP contribution in [0.4, 0.5) is 5.82 Å². The van der Waals surface area contributed by atoms with Crippen molar-refractivity contribution in [1.82, 2.24) is 14.8 Å². The van der Waals surface area contributed by atoms with Gasteiger partial charge in [0.05, 0.1) is 12.8 Å². The van der Waals surface area contributed by atoms with Gasteiger partial charge in [0, 0.05) is 31.1 Å². The predicted octanol–water partition coefficient (Wildman–Crippen LogP) is 2.36. The van der Waals surface area contributed by atoms with Crippen LogP contribution in [0.15, 0.2) is 59.9 Å². The molecule has 32 heavy (non-hydrogen) atoms. The second kappa shape index (κ2) is 9.90. The molecule has 170 valence electrons. The summed E-state index contributed by atoms with van der Waals surface area (Å²) in [4.78, 5) is 22.8. The number of aliphatic hydroxyl groups excluding tert-OH is 1. The standard InChI is InChI=1S/C21H24N4O6S/c1-4-16(14-26)31-25(19-10-11-24(2)23-19)21(27)15-6-5-7-17(12-15)30-18-8-9-20(22-13-18)32(3,28)29/h5-13,16,26H,4,14H2,1-3H3. The van der Waals surface area contributed by atoms with Crippen molar-refractivity contribution in [2.24, 2.45) is 7.05 Å². The zero-order chi connectivity index (χ0) is 23.3. The van der Waals surface area contributed by atoms with Crippen LogP contribution < -0.4 is 9.80 Å². The normalized spacial score (nSPS) is 12.4. The molecule has 2 aromatic heterocycles. The molecule has 0 bridgehead atoms. The van der Waals surface area contributed by atoms with Gasteiger partial charge >= 0.3 is 0 Å². The molecule has 1 N–H and O–H groups in total. The van der Waals surface area contributed by atoms with E-state index in [0.717, 1.165) is 11.3 Å². The average molecular weight is 461 g/mol. The quantitative estimate of drug-likeness (QED) is 0.483. The van der Waals surface area contributed by atoms with Gasteiger partial charge in [0.1, 0.15) is 17.6 Å². The zero-order valence-corrected chi connectivity index (χ0v) is 18.7. The number of nitrogens with zero attached hydrogens (tertiary/aromatic N) is 4. The van der Waals surface area contributed by atoms with E-state index in [4.69, 9.17) is 9.57 Å². The monoisotopic (exact) mass is 460 g/mol. The molecule has 3 rings (SSSR count). The summed E-state index contributed by atoms with van der Waals surface area (Å²) in [6.45, 7) is 1.58. The van der Waals surface area contributed by atoms with Crippen molar-refractivity contribution >= 4 is 21.6 Å². The Hall–Kier alpha value is -3.28. The van der Waals surface area contributed by atoms with Crippen LogP contribution in [0.25, 0.3) is 0 Å². The summed E-state index contributed by atoms with van der Waals surface area (Å²) in [6, 6.07) is 10.9. The molecule has 0 aliphatic carbocycles. The fraction of sp³-hybridized carbons (Fsp3) is 0.286. The Bertz CT molecular complexity index is 1170. The van der Waals surface area contributed by atoms with Gasteiger partial charge in [0.2, 0.25) is 0 Å². The highest BCUT2D eigenvalue weighted by Crippen LogP contribution is 2.24. The average Bonchev–Trinajstić information content (AvgIpc) is 3.20. The Labute approximate surface area is 185 Å². The number of benzene rings is 1. The minimum absolute atomic E-state index is 0.0636. The molecule has 3 aromatic rings. The van der Waals surface area contributed by atoms with Crippen LogP contribution in [0.2, 0.25) is 0 Å². The Morgan fingerprint density at radius 2 is 2.00 bits per heavy atom. The maximum absolute atomic E-state index is 13.2. The maximum atomic E-state index is 13.2. The van der Waals surface area contributed by atoms with Crippen molar-refractivity contribution in [1.29, 1.82) is 0 Å². The second-order valence-electron chi connectivity index (χ2n) is 7.00. The lowest BCUT2D eigenvalue weighted by Gasteiger charge is -2.24. The van der Waals surface area contributed by atoms with E-state index in [9.17, 15) is 18.3 Å². The van der Waals surface area contributed by atoms with Crippen molar-refractivity contribution < 1.29 is 27.9 Å². The van der Waals surface area contributed by atoms with Crippen LogP contribution in [0.3, 0.4) is 0 Å². The molecule has 0 aliphatic heterocycles. The van der Waals surface area contributed by atoms with E-state index >= 15 is 0 Å². The predicted molar refractivity (Wildman–Crippen MR) is 116 cm³/mol. The summed E-state index contributed by atoms with van der Waals surface area (Å²) in [7, 11) is -1.70. The van der Waals surface area contributed by atoms with Crippen LogP contribution in [-0.2, 0) is 21.7 Å². The lowest BCUT2D eigenvalue weighted by molar-refractivity contribution is -0.00293. The van der Waals surface area contributed by atoms with E-state index in [1.54, 1.807) is 37.5 Å². The molecule has 0 saturated heterocycles. The first-order valence-electron chi connectivity index (χ1n) is 9.77. The SMILES string of the molecule is CCC(CO)ON(C(=O)c1cccc(Oc2ccc(S(C)(=O)=O)nc2)c1)c1ccn(C)n1. The molecule has 0 saturated carbocycles. The lowest BCUT2D eigenvalue weighted by Crippen LogP contribution is -2.37. The van der Waals surface area contributed by atoms with E-state index in [-0.39, 0.29) is 23.0 Å². The number of carbonyl (C=O) groups is 1. The summed E-state index contributed by atoms with van der Waals surface area (Å²) in [5.74, 6) is 0.439. The fourth-order valence-corrected chi connectivity index (χ4v) is 3.25. The molecule has 0 spiro atoms. The molecule has 1 amide bonds. The number of ether oxygens (including phenoxy) is 1. The third-order valence-electron chi connectivity index (χ3n) is 4.41. The third kappa shape index (κ3) is 5.69. The number of hydrogen-bond donors (Lipinski definition) is 1. The highest BCUT2D eigenvalue weighted by atomic mass is 32.2. The fourth-order valence-electron chi connectivity index (χ4n) is 2.70. The largest absolute Gasteiger partial charge is 0.456 e. The molecule has 1 unspecified atom stereocenters. The van der Waals surface area contributed by atoms with Gasteiger partial charge < -0.3 is 9.84 Å². The van der Waals surface area contributed by atoms with Gasteiger partial charge in [-0.3, -0.25) is 14.3 Å². The van der Waals surface area contributed by atoms with E-state index in [1.807, 2.05) is 6.92 Å². The third-order valence-corrected chi connectivity index (χ3v) is 5.41. The van der Waals surface area contributed by atoms with Crippen molar-refractivity contribution in [2.45, 2.75) is 24.5 Å². The molecule has 2 heterocycles. The summed E-state index contributed by atoms with van der Waals surface area (Å²) in [5, 5.41) is 14.7. The summed E-state index contributed by atoms with van der Waals surface area (Å²) < 4.78 is 30.3. The molecule has 1 aromatic carbocycles. The molecular weight excluding hydrogens is 436 g/mol. The highest BCUT2D eigenvalue weighted by Gasteiger charge is 2.24. The van der Waals surface area contributed by atoms with Gasteiger partial charge in [-0.2, -0.15) is 10.2 Å². The van der Waals surface area contributed by atoms with Gasteiger partial charge in [-0.15, -0.1) is 0 Å². The summed E-state index contributed by atoms with van der Waals surface area (Å²) in [6.07, 6.45) is 3.94. The Kier molecular flexibility index (Phi) is 7.23. The molecule has 11 heteroatoms. The minimum atomic E-state index is -3.42. The molecule has 0 radical (unpaired) electrons. The summed E-state index contributed by atoms with van der Waals surface area (Å²) in [5.41, 5.74) is 0.265. The first-order chi connectivity index (χ1) is 15.2. The number of pyridine rings is 1. The van der Waals surface area contributed by atoms with Crippen molar-refractivity contribution in [3.05, 3.63) is 60.4 Å². The smallest absolute Gasteiger partial charge is 0.283 e. The van der Waals surface area contributed by atoms with Crippen LogP contribution in [0, 0.1) is 0 Å². The van der Waals surface area contributed by atoms with Crippen LogP contribution in [-0.4, -0.2) is 53.2 Å². The number of hydroxylamine groups is 1. The molecule has 1 atom stereocenters. The first-order valence-corrected chi connectivity index (χ1v) is 11.7. The van der Waals surface area contributed by atoms with Crippen LogP contribution in [0.1, 0.15) is 23.7 Å². The van der Waals surface area contributed by atoms with Crippen LogP contribution >= 0.6 is 0 Å². The Morgan fingerprint density at radius 3 is 2.56 bits per heavy atom. The van der Waals surface area contributed by atoms with Gasteiger partial charge in [-0.1, -0.05) is 13.0 Å². The van der Waals surface area contributed by atoms with Crippen molar-refractivity contribution in [3.63, 3.8) is 0 Å². The van der Waals surface area contributed by atoms with E-state index in [1.165, 1.54) is 29.1 Å². The molecular formula is C21H24N4O6S.